The number of nitrogens with zero attached hydrogens (tertiary/aromatic N) is 3. The third-order valence-corrected chi connectivity index (χ3v) is 2.20. The molecule has 0 saturated carbocycles. The van der Waals surface area contributed by atoms with E-state index in [2.05, 4.69) is 10.2 Å². The smallest absolute Gasteiger partial charge is 0.200 e. The monoisotopic (exact) mass is 207 g/mol. The van der Waals surface area contributed by atoms with Gasteiger partial charge in [-0.1, -0.05) is 6.07 Å². The van der Waals surface area contributed by atoms with Crippen LogP contribution in [-0.4, -0.2) is 35.4 Å². The van der Waals surface area contributed by atoms with Gasteiger partial charge in [-0.05, 0) is 12.1 Å². The molecule has 15 heavy (non-hydrogen) atoms. The molecule has 0 aliphatic heterocycles. The van der Waals surface area contributed by atoms with E-state index >= 15 is 0 Å². The molecule has 0 unspecified atom stereocenters. The minimum absolute atomic E-state index is 0.624. The number of rotatable bonds is 4. The van der Waals surface area contributed by atoms with E-state index in [1.54, 1.807) is 14.2 Å². The number of ether oxygens (including phenoxy) is 2. The number of fused-ring (bicyclic) bond motifs is 1. The van der Waals surface area contributed by atoms with Gasteiger partial charge in [-0.3, -0.25) is 0 Å². The molecule has 0 spiro atoms. The van der Waals surface area contributed by atoms with E-state index in [4.69, 9.17) is 9.47 Å². The van der Waals surface area contributed by atoms with Crippen molar-refractivity contribution in [2.24, 2.45) is 0 Å². The first-order valence-electron chi connectivity index (χ1n) is 4.72. The van der Waals surface area contributed by atoms with Gasteiger partial charge in [0, 0.05) is 13.5 Å². The van der Waals surface area contributed by atoms with Crippen LogP contribution in [0.25, 0.3) is 5.65 Å². The van der Waals surface area contributed by atoms with Gasteiger partial charge in [0.05, 0.1) is 13.7 Å². The highest BCUT2D eigenvalue weighted by Gasteiger charge is 2.08. The Morgan fingerprint density at radius 2 is 2.13 bits per heavy atom. The maximum absolute atomic E-state index is 5.25. The van der Waals surface area contributed by atoms with Crippen molar-refractivity contribution in [3.63, 3.8) is 0 Å². The normalized spacial score (nSPS) is 10.8. The molecule has 0 N–H and O–H groups in total. The lowest BCUT2D eigenvalue weighted by Gasteiger charge is -2.05. The molecule has 0 saturated heterocycles. The lowest BCUT2D eigenvalue weighted by atomic mass is 10.4. The van der Waals surface area contributed by atoms with Gasteiger partial charge in [-0.25, -0.2) is 4.40 Å². The fraction of sp³-hybridized carbons (Fsp3) is 0.400. The Morgan fingerprint density at radius 1 is 1.27 bits per heavy atom. The summed E-state index contributed by atoms with van der Waals surface area (Å²) in [5.74, 6) is 1.59. The summed E-state index contributed by atoms with van der Waals surface area (Å²) in [7, 11) is 3.30. The molecule has 0 fully saturated rings. The van der Waals surface area contributed by atoms with Crippen LogP contribution in [0.1, 0.15) is 5.82 Å². The van der Waals surface area contributed by atoms with Crippen molar-refractivity contribution in [3.05, 3.63) is 24.0 Å². The Kier molecular flexibility index (Phi) is 2.82. The lowest BCUT2D eigenvalue weighted by Crippen LogP contribution is -2.02. The maximum Gasteiger partial charge on any atom is 0.200 e. The van der Waals surface area contributed by atoms with Crippen LogP contribution in [0.4, 0.5) is 0 Å². The molecule has 0 aromatic carbocycles. The standard InChI is InChI=1S/C10H13N3O2/c1-14-7-6-9-12-11-8-4-3-5-10(15-2)13(8)9/h3-5H,6-7H2,1-2H3. The number of hydrogen-bond donors (Lipinski definition) is 0. The molecule has 0 atom stereocenters. The molecule has 2 rings (SSSR count). The second-order valence-corrected chi connectivity index (χ2v) is 3.12. The predicted octanol–water partition coefficient (Wildman–Crippen LogP) is 0.927. The van der Waals surface area contributed by atoms with E-state index in [-0.39, 0.29) is 0 Å². The Hall–Kier alpha value is -1.62. The summed E-state index contributed by atoms with van der Waals surface area (Å²) in [5.41, 5.74) is 0.792. The van der Waals surface area contributed by atoms with Crippen LogP contribution in [0.2, 0.25) is 0 Å². The SMILES string of the molecule is COCCc1nnc2cccc(OC)n12. The highest BCUT2D eigenvalue weighted by molar-refractivity contribution is 5.42. The molecule has 0 radical (unpaired) electrons. The third kappa shape index (κ3) is 1.78. The van der Waals surface area contributed by atoms with Crippen molar-refractivity contribution in [2.75, 3.05) is 20.8 Å². The number of aromatic nitrogens is 3. The molecular weight excluding hydrogens is 194 g/mol. The van der Waals surface area contributed by atoms with Gasteiger partial charge in [0.25, 0.3) is 0 Å². The van der Waals surface area contributed by atoms with Crippen LogP contribution in [0.15, 0.2) is 18.2 Å². The summed E-state index contributed by atoms with van der Waals surface area (Å²) in [6.07, 6.45) is 0.720. The van der Waals surface area contributed by atoms with Gasteiger partial charge < -0.3 is 9.47 Å². The average molecular weight is 207 g/mol. The Bertz CT molecular complexity index is 453. The predicted molar refractivity (Wildman–Crippen MR) is 55.1 cm³/mol. The maximum atomic E-state index is 5.25. The summed E-state index contributed by atoms with van der Waals surface area (Å²) in [4.78, 5) is 0. The first-order valence-corrected chi connectivity index (χ1v) is 4.72. The fourth-order valence-electron chi connectivity index (χ4n) is 1.48. The van der Waals surface area contributed by atoms with E-state index in [0.29, 0.717) is 6.61 Å². The van der Waals surface area contributed by atoms with Gasteiger partial charge in [-0.2, -0.15) is 0 Å². The first-order chi connectivity index (χ1) is 7.36. The highest BCUT2D eigenvalue weighted by atomic mass is 16.5. The van der Waals surface area contributed by atoms with Crippen LogP contribution in [-0.2, 0) is 11.2 Å². The van der Waals surface area contributed by atoms with Crippen LogP contribution in [0.3, 0.4) is 0 Å². The zero-order chi connectivity index (χ0) is 10.7. The van der Waals surface area contributed by atoms with Crippen molar-refractivity contribution >= 4 is 5.65 Å². The molecule has 80 valence electrons. The second kappa shape index (κ2) is 4.27. The second-order valence-electron chi connectivity index (χ2n) is 3.12. The van der Waals surface area contributed by atoms with Crippen molar-refractivity contribution in [1.82, 2.24) is 14.6 Å². The topological polar surface area (TPSA) is 48.7 Å². The largest absolute Gasteiger partial charge is 0.482 e. The van der Waals surface area contributed by atoms with E-state index in [0.717, 1.165) is 23.8 Å². The fourth-order valence-corrected chi connectivity index (χ4v) is 1.48. The molecule has 0 aliphatic rings. The number of pyridine rings is 1. The summed E-state index contributed by atoms with van der Waals surface area (Å²) in [6, 6.07) is 5.67. The van der Waals surface area contributed by atoms with Gasteiger partial charge in [-0.15, -0.1) is 10.2 Å². The van der Waals surface area contributed by atoms with E-state index in [1.807, 2.05) is 22.6 Å². The van der Waals surface area contributed by atoms with Gasteiger partial charge in [0.15, 0.2) is 5.65 Å². The Morgan fingerprint density at radius 3 is 2.87 bits per heavy atom. The minimum Gasteiger partial charge on any atom is -0.482 e. The summed E-state index contributed by atoms with van der Waals surface area (Å²) in [6.45, 7) is 0.624. The highest BCUT2D eigenvalue weighted by Crippen LogP contribution is 2.15. The molecule has 5 heteroatoms. The molecule has 2 aromatic rings. The summed E-state index contributed by atoms with van der Waals surface area (Å²) < 4.78 is 12.2. The Balaban J connectivity index is 2.46. The van der Waals surface area contributed by atoms with Crippen molar-refractivity contribution in [2.45, 2.75) is 6.42 Å². The quantitative estimate of drug-likeness (QED) is 0.748. The molecule has 0 aliphatic carbocycles. The lowest BCUT2D eigenvalue weighted by molar-refractivity contribution is 0.200. The van der Waals surface area contributed by atoms with E-state index in [9.17, 15) is 0 Å². The van der Waals surface area contributed by atoms with E-state index in [1.165, 1.54) is 0 Å². The third-order valence-electron chi connectivity index (χ3n) is 2.20. The zero-order valence-corrected chi connectivity index (χ0v) is 8.80. The van der Waals surface area contributed by atoms with Crippen LogP contribution >= 0.6 is 0 Å². The summed E-state index contributed by atoms with van der Waals surface area (Å²) >= 11 is 0. The molecular formula is C10H13N3O2. The molecule has 0 amide bonds. The number of hydrogen-bond acceptors (Lipinski definition) is 4. The van der Waals surface area contributed by atoms with E-state index < -0.39 is 0 Å². The van der Waals surface area contributed by atoms with Crippen molar-refractivity contribution in [1.29, 1.82) is 0 Å². The molecule has 2 heterocycles. The molecule has 0 bridgehead atoms. The Labute approximate surface area is 87.6 Å². The zero-order valence-electron chi connectivity index (χ0n) is 8.80. The molecule has 5 nitrogen and oxygen atoms in total. The average Bonchev–Trinajstić information content (AvgIpc) is 2.69. The first kappa shape index (κ1) is 9.92. The minimum atomic E-state index is 0.624. The van der Waals surface area contributed by atoms with Gasteiger partial charge in [0.1, 0.15) is 5.82 Å². The molecule has 2 aromatic heterocycles. The van der Waals surface area contributed by atoms with Crippen LogP contribution in [0.5, 0.6) is 5.88 Å². The number of methoxy groups -OCH3 is 2. The summed E-state index contributed by atoms with van der Waals surface area (Å²) in [5, 5.41) is 8.15. The van der Waals surface area contributed by atoms with Crippen molar-refractivity contribution in [3.8, 4) is 5.88 Å². The van der Waals surface area contributed by atoms with Crippen LogP contribution in [0, 0.1) is 0 Å². The van der Waals surface area contributed by atoms with Crippen LogP contribution < -0.4 is 4.74 Å². The van der Waals surface area contributed by atoms with Crippen molar-refractivity contribution < 1.29 is 9.47 Å². The van der Waals surface area contributed by atoms with Gasteiger partial charge >= 0.3 is 0 Å². The van der Waals surface area contributed by atoms with Gasteiger partial charge in [0.2, 0.25) is 5.88 Å².